The van der Waals surface area contributed by atoms with Crippen LogP contribution in [0.25, 0.3) is 11.4 Å². The Morgan fingerprint density at radius 3 is 2.32 bits per heavy atom. The minimum absolute atomic E-state index is 0.456. The van der Waals surface area contributed by atoms with Gasteiger partial charge < -0.3 is 0 Å². The summed E-state index contributed by atoms with van der Waals surface area (Å²) in [7, 11) is 0. The number of nitrogens with zero attached hydrogens (tertiary/aromatic N) is 4. The molecule has 0 N–H and O–H groups in total. The normalized spacial score (nSPS) is 10.9. The molecule has 0 saturated heterocycles. The van der Waals surface area contributed by atoms with Crippen LogP contribution in [0.4, 0.5) is 0 Å². The quantitative estimate of drug-likeness (QED) is 0.424. The second kappa shape index (κ2) is 8.55. The van der Waals surface area contributed by atoms with Crippen molar-refractivity contribution in [2.75, 3.05) is 0 Å². The van der Waals surface area contributed by atoms with Crippen LogP contribution in [0.5, 0.6) is 0 Å². The highest BCUT2D eigenvalue weighted by Crippen LogP contribution is 2.32. The van der Waals surface area contributed by atoms with Gasteiger partial charge in [-0.05, 0) is 52.1 Å². The summed E-state index contributed by atoms with van der Waals surface area (Å²) in [4.78, 5) is 0. The topological polar surface area (TPSA) is 43.6 Å². The zero-order valence-corrected chi connectivity index (χ0v) is 16.6. The minimum atomic E-state index is 0.456. The lowest BCUT2D eigenvalue weighted by Gasteiger charge is -2.11. The predicted molar refractivity (Wildman–Crippen MR) is 113 cm³/mol. The molecule has 0 radical (unpaired) electrons. The first-order valence-electron chi connectivity index (χ1n) is 9.03. The molecule has 6 heteroatoms. The third-order valence-corrected chi connectivity index (χ3v) is 5.51. The van der Waals surface area contributed by atoms with E-state index in [9.17, 15) is 0 Å². The molecule has 4 aromatic rings. The zero-order valence-electron chi connectivity index (χ0n) is 15.1. The van der Waals surface area contributed by atoms with E-state index in [1.165, 1.54) is 16.7 Å². The van der Waals surface area contributed by atoms with Gasteiger partial charge in [0, 0.05) is 5.56 Å². The van der Waals surface area contributed by atoms with Crippen molar-refractivity contribution in [1.29, 1.82) is 0 Å². The lowest BCUT2D eigenvalue weighted by molar-refractivity contribution is 0.648. The van der Waals surface area contributed by atoms with Gasteiger partial charge in [-0.1, -0.05) is 83.9 Å². The van der Waals surface area contributed by atoms with Crippen molar-refractivity contribution in [3.63, 3.8) is 0 Å². The number of aromatic nitrogens is 4. The van der Waals surface area contributed by atoms with Gasteiger partial charge in [-0.2, -0.15) is 0 Å². The maximum atomic E-state index is 6.37. The average molecular weight is 409 g/mol. The van der Waals surface area contributed by atoms with Crippen molar-refractivity contribution in [2.45, 2.75) is 19.4 Å². The number of hydrogen-bond donors (Lipinski definition) is 0. The first-order valence-corrected chi connectivity index (χ1v) is 9.79. The first kappa shape index (κ1) is 18.7. The van der Waals surface area contributed by atoms with Crippen molar-refractivity contribution >= 4 is 23.2 Å². The molecule has 0 aliphatic carbocycles. The van der Waals surface area contributed by atoms with E-state index in [-0.39, 0.29) is 0 Å². The van der Waals surface area contributed by atoms with E-state index >= 15 is 0 Å². The van der Waals surface area contributed by atoms with Crippen LogP contribution in [0.1, 0.15) is 16.7 Å². The fourth-order valence-corrected chi connectivity index (χ4v) is 3.61. The van der Waals surface area contributed by atoms with E-state index < -0.39 is 0 Å². The van der Waals surface area contributed by atoms with E-state index in [1.54, 1.807) is 10.7 Å². The highest BCUT2D eigenvalue weighted by Gasteiger charge is 2.15. The van der Waals surface area contributed by atoms with E-state index in [1.807, 2.05) is 24.3 Å². The molecule has 0 unspecified atom stereocenters. The second-order valence-corrected chi connectivity index (χ2v) is 7.30. The molecule has 3 aromatic carbocycles. The van der Waals surface area contributed by atoms with Gasteiger partial charge in [0.25, 0.3) is 0 Å². The summed E-state index contributed by atoms with van der Waals surface area (Å²) in [5.41, 5.74) is 4.52. The standard InChI is InChI=1S/C22H18Cl2N4/c23-20-12-6-11-19(21(20)24)22-25-26-27-28(22)15-18-10-5-4-9-17(18)14-13-16-7-2-1-3-8-16/h1-12H,13-15H2. The Labute approximate surface area is 173 Å². The molecule has 0 aliphatic heterocycles. The summed E-state index contributed by atoms with van der Waals surface area (Å²) >= 11 is 12.5. The Morgan fingerprint density at radius 1 is 0.750 bits per heavy atom. The van der Waals surface area contributed by atoms with Gasteiger partial charge >= 0.3 is 0 Å². The Hall–Kier alpha value is -2.69. The highest BCUT2D eigenvalue weighted by molar-refractivity contribution is 6.43. The highest BCUT2D eigenvalue weighted by atomic mass is 35.5. The molecule has 0 aliphatic rings. The minimum Gasteiger partial charge on any atom is -0.221 e. The van der Waals surface area contributed by atoms with Crippen molar-refractivity contribution in [2.24, 2.45) is 0 Å². The molecule has 0 atom stereocenters. The molecule has 4 rings (SSSR count). The number of tetrazole rings is 1. The molecule has 0 amide bonds. The predicted octanol–water partition coefficient (Wildman–Crippen LogP) is 5.48. The van der Waals surface area contributed by atoms with Crippen LogP contribution >= 0.6 is 23.2 Å². The van der Waals surface area contributed by atoms with Gasteiger partial charge in [-0.3, -0.25) is 0 Å². The van der Waals surface area contributed by atoms with Crippen LogP contribution in [-0.4, -0.2) is 20.2 Å². The summed E-state index contributed by atoms with van der Waals surface area (Å²) in [6, 6.07) is 24.3. The molecule has 0 fully saturated rings. The lowest BCUT2D eigenvalue weighted by Crippen LogP contribution is -2.07. The fraction of sp³-hybridized carbons (Fsp3) is 0.136. The van der Waals surface area contributed by atoms with E-state index in [4.69, 9.17) is 23.2 Å². The van der Waals surface area contributed by atoms with E-state index in [0.29, 0.717) is 22.4 Å². The Balaban J connectivity index is 1.59. The van der Waals surface area contributed by atoms with Gasteiger partial charge in [-0.25, -0.2) is 4.68 Å². The van der Waals surface area contributed by atoms with E-state index in [2.05, 4.69) is 58.0 Å². The average Bonchev–Trinajstić information content (AvgIpc) is 3.18. The summed E-state index contributed by atoms with van der Waals surface area (Å²) in [5, 5.41) is 13.1. The molecular formula is C22H18Cl2N4. The molecule has 140 valence electrons. The van der Waals surface area contributed by atoms with Crippen molar-refractivity contribution in [3.8, 4) is 11.4 Å². The van der Waals surface area contributed by atoms with Crippen molar-refractivity contribution in [3.05, 3.63) is 99.5 Å². The number of hydrogen-bond acceptors (Lipinski definition) is 3. The van der Waals surface area contributed by atoms with Crippen molar-refractivity contribution < 1.29 is 0 Å². The Kier molecular flexibility index (Phi) is 5.70. The van der Waals surface area contributed by atoms with Crippen LogP contribution in [0.15, 0.2) is 72.8 Å². The van der Waals surface area contributed by atoms with Crippen LogP contribution in [0.3, 0.4) is 0 Å². The second-order valence-electron chi connectivity index (χ2n) is 6.52. The largest absolute Gasteiger partial charge is 0.221 e. The van der Waals surface area contributed by atoms with Crippen LogP contribution in [0.2, 0.25) is 10.0 Å². The summed E-state index contributed by atoms with van der Waals surface area (Å²) in [6.45, 7) is 0.566. The monoisotopic (exact) mass is 408 g/mol. The molecule has 4 nitrogen and oxygen atoms in total. The van der Waals surface area contributed by atoms with Gasteiger partial charge in [0.15, 0.2) is 5.82 Å². The first-order chi connectivity index (χ1) is 13.7. The maximum Gasteiger partial charge on any atom is 0.183 e. The van der Waals surface area contributed by atoms with Crippen LogP contribution < -0.4 is 0 Å². The smallest absolute Gasteiger partial charge is 0.183 e. The molecule has 1 aromatic heterocycles. The molecule has 0 spiro atoms. The third kappa shape index (κ3) is 4.08. The van der Waals surface area contributed by atoms with Crippen LogP contribution in [-0.2, 0) is 19.4 Å². The van der Waals surface area contributed by atoms with Gasteiger partial charge in [0.05, 0.1) is 16.6 Å². The molecule has 0 saturated carbocycles. The Bertz CT molecular complexity index is 1080. The lowest BCUT2D eigenvalue weighted by atomic mass is 10.00. The van der Waals surface area contributed by atoms with Crippen LogP contribution in [0, 0.1) is 0 Å². The van der Waals surface area contributed by atoms with Gasteiger partial charge in [0.1, 0.15) is 0 Å². The zero-order chi connectivity index (χ0) is 19.3. The molecule has 1 heterocycles. The number of rotatable bonds is 6. The maximum absolute atomic E-state index is 6.37. The molecular weight excluding hydrogens is 391 g/mol. The summed E-state index contributed by atoms with van der Waals surface area (Å²) < 4.78 is 1.76. The molecule has 0 bridgehead atoms. The van der Waals surface area contributed by atoms with Crippen molar-refractivity contribution in [1.82, 2.24) is 20.2 Å². The summed E-state index contributed by atoms with van der Waals surface area (Å²) in [6.07, 6.45) is 1.94. The van der Waals surface area contributed by atoms with Gasteiger partial charge in [0.2, 0.25) is 0 Å². The number of halogens is 2. The van der Waals surface area contributed by atoms with Gasteiger partial charge in [-0.15, -0.1) is 5.10 Å². The number of benzene rings is 3. The Morgan fingerprint density at radius 2 is 1.50 bits per heavy atom. The molecule has 28 heavy (non-hydrogen) atoms. The fourth-order valence-electron chi connectivity index (χ4n) is 3.22. The van der Waals surface area contributed by atoms with E-state index in [0.717, 1.165) is 18.4 Å². The SMILES string of the molecule is Clc1cccc(-c2nnnn2Cc2ccccc2CCc2ccccc2)c1Cl. The number of aryl methyl sites for hydroxylation is 2. The summed E-state index contributed by atoms with van der Waals surface area (Å²) in [5.74, 6) is 0.602. The third-order valence-electron chi connectivity index (χ3n) is 4.69.